The van der Waals surface area contributed by atoms with E-state index in [1.54, 1.807) is 0 Å². The van der Waals surface area contributed by atoms with E-state index >= 15 is 0 Å². The Morgan fingerprint density at radius 3 is 2.53 bits per heavy atom. The highest BCUT2D eigenvalue weighted by molar-refractivity contribution is 7.87. The SMILES string of the molecule is NC(CNS(=O)(=O)NC1CC1)c1ccccc1. The zero-order valence-electron chi connectivity index (χ0n) is 9.46. The van der Waals surface area contributed by atoms with Crippen molar-refractivity contribution in [1.29, 1.82) is 0 Å². The first-order valence-corrected chi connectivity index (χ1v) is 7.12. The van der Waals surface area contributed by atoms with Crippen LogP contribution in [0.15, 0.2) is 30.3 Å². The van der Waals surface area contributed by atoms with Gasteiger partial charge in [-0.25, -0.2) is 4.72 Å². The van der Waals surface area contributed by atoms with Crippen molar-refractivity contribution in [2.75, 3.05) is 6.54 Å². The molecule has 17 heavy (non-hydrogen) atoms. The Kier molecular flexibility index (Phi) is 3.78. The van der Waals surface area contributed by atoms with Gasteiger partial charge in [0.25, 0.3) is 10.2 Å². The normalized spacial score (nSPS) is 17.9. The third-order valence-corrected chi connectivity index (χ3v) is 3.81. The van der Waals surface area contributed by atoms with E-state index in [0.29, 0.717) is 0 Å². The molecule has 0 aliphatic heterocycles. The Morgan fingerprint density at radius 1 is 1.29 bits per heavy atom. The lowest BCUT2D eigenvalue weighted by atomic mass is 10.1. The third-order valence-electron chi connectivity index (χ3n) is 2.62. The molecular formula is C11H17N3O2S. The zero-order chi connectivity index (χ0) is 12.3. The van der Waals surface area contributed by atoms with Gasteiger partial charge in [0.2, 0.25) is 0 Å². The van der Waals surface area contributed by atoms with Crippen LogP contribution in [-0.4, -0.2) is 21.0 Å². The van der Waals surface area contributed by atoms with Crippen LogP contribution in [0.5, 0.6) is 0 Å². The molecule has 2 rings (SSSR count). The molecule has 1 unspecified atom stereocenters. The van der Waals surface area contributed by atoms with Crippen LogP contribution in [0.25, 0.3) is 0 Å². The number of nitrogens with two attached hydrogens (primary N) is 1. The Bertz CT molecular complexity index is 457. The molecular weight excluding hydrogens is 238 g/mol. The average Bonchev–Trinajstić information content (AvgIpc) is 3.10. The summed E-state index contributed by atoms with van der Waals surface area (Å²) in [5, 5.41) is 0. The number of rotatable bonds is 6. The van der Waals surface area contributed by atoms with Crippen molar-refractivity contribution in [3.05, 3.63) is 35.9 Å². The van der Waals surface area contributed by atoms with E-state index in [1.807, 2.05) is 30.3 Å². The summed E-state index contributed by atoms with van der Waals surface area (Å²) in [6.07, 6.45) is 1.84. The summed E-state index contributed by atoms with van der Waals surface area (Å²) in [4.78, 5) is 0. The average molecular weight is 255 g/mol. The van der Waals surface area contributed by atoms with Crippen LogP contribution in [0, 0.1) is 0 Å². The maximum Gasteiger partial charge on any atom is 0.277 e. The van der Waals surface area contributed by atoms with E-state index in [0.717, 1.165) is 18.4 Å². The largest absolute Gasteiger partial charge is 0.323 e. The summed E-state index contributed by atoms with van der Waals surface area (Å²) in [6.45, 7) is 0.200. The molecule has 1 aromatic rings. The maximum atomic E-state index is 11.5. The summed E-state index contributed by atoms with van der Waals surface area (Å²) in [6, 6.07) is 9.21. The van der Waals surface area contributed by atoms with Crippen molar-refractivity contribution in [3.63, 3.8) is 0 Å². The van der Waals surface area contributed by atoms with Crippen LogP contribution in [-0.2, 0) is 10.2 Å². The Labute approximate surface area is 102 Å². The second kappa shape index (κ2) is 5.14. The molecule has 1 fully saturated rings. The van der Waals surface area contributed by atoms with Gasteiger partial charge in [-0.2, -0.15) is 13.1 Å². The van der Waals surface area contributed by atoms with Crippen molar-refractivity contribution >= 4 is 10.2 Å². The molecule has 5 nitrogen and oxygen atoms in total. The van der Waals surface area contributed by atoms with Crippen LogP contribution in [0.2, 0.25) is 0 Å². The van der Waals surface area contributed by atoms with Crippen molar-refractivity contribution in [1.82, 2.24) is 9.44 Å². The highest BCUT2D eigenvalue weighted by atomic mass is 32.2. The van der Waals surface area contributed by atoms with Gasteiger partial charge in [-0.1, -0.05) is 30.3 Å². The van der Waals surface area contributed by atoms with Crippen molar-refractivity contribution < 1.29 is 8.42 Å². The van der Waals surface area contributed by atoms with Gasteiger partial charge in [0, 0.05) is 18.6 Å². The van der Waals surface area contributed by atoms with Gasteiger partial charge in [0.1, 0.15) is 0 Å². The Balaban J connectivity index is 1.85. The van der Waals surface area contributed by atoms with Gasteiger partial charge in [-0.15, -0.1) is 0 Å². The summed E-state index contributed by atoms with van der Waals surface area (Å²) < 4.78 is 28.1. The molecule has 6 heteroatoms. The molecule has 0 aromatic heterocycles. The zero-order valence-corrected chi connectivity index (χ0v) is 10.3. The van der Waals surface area contributed by atoms with Gasteiger partial charge < -0.3 is 5.73 Å². The van der Waals surface area contributed by atoms with Crippen LogP contribution < -0.4 is 15.2 Å². The Morgan fingerprint density at radius 2 is 1.94 bits per heavy atom. The second-order valence-corrected chi connectivity index (χ2v) is 5.79. The van der Waals surface area contributed by atoms with Crippen LogP contribution in [0.4, 0.5) is 0 Å². The molecule has 4 N–H and O–H groups in total. The minimum atomic E-state index is -3.40. The second-order valence-electron chi connectivity index (χ2n) is 4.26. The van der Waals surface area contributed by atoms with Crippen molar-refractivity contribution in [3.8, 4) is 0 Å². The van der Waals surface area contributed by atoms with Crippen molar-refractivity contribution in [2.45, 2.75) is 24.9 Å². The number of hydrogen-bond acceptors (Lipinski definition) is 3. The minimum Gasteiger partial charge on any atom is -0.323 e. The van der Waals surface area contributed by atoms with E-state index < -0.39 is 10.2 Å². The van der Waals surface area contributed by atoms with Gasteiger partial charge in [-0.05, 0) is 18.4 Å². The Hall–Kier alpha value is -0.950. The molecule has 1 aromatic carbocycles. The van der Waals surface area contributed by atoms with E-state index in [-0.39, 0.29) is 18.6 Å². The standard InChI is InChI=1S/C11H17N3O2S/c12-11(9-4-2-1-3-5-9)8-13-17(15,16)14-10-6-7-10/h1-5,10-11,13-14H,6-8,12H2. The summed E-state index contributed by atoms with van der Waals surface area (Å²) >= 11 is 0. The molecule has 1 atom stereocenters. The van der Waals surface area contributed by atoms with Gasteiger partial charge >= 0.3 is 0 Å². The monoisotopic (exact) mass is 255 g/mol. The molecule has 0 amide bonds. The fourth-order valence-electron chi connectivity index (χ4n) is 1.48. The van der Waals surface area contributed by atoms with Crippen LogP contribution in [0.1, 0.15) is 24.4 Å². The molecule has 0 bridgehead atoms. The highest BCUT2D eigenvalue weighted by Gasteiger charge is 2.26. The minimum absolute atomic E-state index is 0.112. The van der Waals surface area contributed by atoms with Gasteiger partial charge in [-0.3, -0.25) is 0 Å². The molecule has 0 heterocycles. The summed E-state index contributed by atoms with van der Waals surface area (Å²) in [5.74, 6) is 0. The molecule has 94 valence electrons. The molecule has 1 saturated carbocycles. The van der Waals surface area contributed by atoms with Crippen LogP contribution in [0.3, 0.4) is 0 Å². The number of hydrogen-bond donors (Lipinski definition) is 3. The van der Waals surface area contributed by atoms with Crippen molar-refractivity contribution in [2.24, 2.45) is 5.73 Å². The van der Waals surface area contributed by atoms with E-state index in [9.17, 15) is 8.42 Å². The van der Waals surface area contributed by atoms with Gasteiger partial charge in [0.15, 0.2) is 0 Å². The predicted octanol–water partition coefficient (Wildman–Crippen LogP) is 0.273. The molecule has 0 saturated heterocycles. The van der Waals surface area contributed by atoms with E-state index in [2.05, 4.69) is 9.44 Å². The van der Waals surface area contributed by atoms with Crippen LogP contribution >= 0.6 is 0 Å². The summed E-state index contributed by atoms with van der Waals surface area (Å²) in [5.41, 5.74) is 6.81. The predicted molar refractivity (Wildman–Crippen MR) is 66.5 cm³/mol. The molecule has 0 spiro atoms. The van der Waals surface area contributed by atoms with E-state index in [1.165, 1.54) is 0 Å². The number of benzene rings is 1. The highest BCUT2D eigenvalue weighted by Crippen LogP contribution is 2.19. The third kappa shape index (κ3) is 4.08. The lowest BCUT2D eigenvalue weighted by Gasteiger charge is -2.13. The fraction of sp³-hybridized carbons (Fsp3) is 0.455. The number of nitrogens with one attached hydrogen (secondary N) is 2. The lowest BCUT2D eigenvalue weighted by Crippen LogP contribution is -2.41. The first-order chi connectivity index (χ1) is 8.07. The summed E-state index contributed by atoms with van der Waals surface area (Å²) in [7, 11) is -3.40. The lowest BCUT2D eigenvalue weighted by molar-refractivity contribution is 0.557. The first kappa shape index (κ1) is 12.5. The molecule has 1 aliphatic carbocycles. The fourth-order valence-corrected chi connectivity index (χ4v) is 2.64. The van der Waals surface area contributed by atoms with E-state index in [4.69, 9.17) is 5.73 Å². The van der Waals surface area contributed by atoms with Gasteiger partial charge in [0.05, 0.1) is 0 Å². The topological polar surface area (TPSA) is 84.2 Å². The quantitative estimate of drug-likeness (QED) is 0.682. The smallest absolute Gasteiger partial charge is 0.277 e. The maximum absolute atomic E-state index is 11.5. The first-order valence-electron chi connectivity index (χ1n) is 5.64. The molecule has 1 aliphatic rings. The molecule has 0 radical (unpaired) electrons.